The minimum atomic E-state index is -5.61. The van der Waals surface area contributed by atoms with Crippen molar-refractivity contribution in [1.29, 1.82) is 0 Å². The van der Waals surface area contributed by atoms with Crippen LogP contribution >= 0.6 is 20.6 Å². The van der Waals surface area contributed by atoms with Crippen molar-refractivity contribution in [2.45, 2.75) is 18.0 Å². The van der Waals surface area contributed by atoms with E-state index in [4.69, 9.17) is 3.07 Å². The van der Waals surface area contributed by atoms with Crippen molar-refractivity contribution in [2.24, 2.45) is 0 Å². The minimum absolute atomic E-state index is 0.121. The van der Waals surface area contributed by atoms with Crippen molar-refractivity contribution in [3.63, 3.8) is 0 Å². The molecule has 2 nitrogen and oxygen atoms in total. The molecule has 0 saturated carbocycles. The molecule has 0 saturated heterocycles. The van der Waals surface area contributed by atoms with Gasteiger partial charge in [0, 0.05) is 0 Å². The predicted octanol–water partition coefficient (Wildman–Crippen LogP) is 4.19. The molecular formula is C10H7F6IO2. The third kappa shape index (κ3) is 2.02. The molecule has 1 aliphatic rings. The molecule has 0 aromatic heterocycles. The van der Waals surface area contributed by atoms with Crippen LogP contribution in [0.1, 0.15) is 5.56 Å². The molecule has 19 heavy (non-hydrogen) atoms. The van der Waals surface area contributed by atoms with Crippen LogP contribution in [0.2, 0.25) is 0 Å². The number of benzene rings is 1. The van der Waals surface area contributed by atoms with Gasteiger partial charge in [-0.05, 0) is 0 Å². The van der Waals surface area contributed by atoms with Gasteiger partial charge in [0.1, 0.15) is 0 Å². The van der Waals surface area contributed by atoms with E-state index in [-0.39, 0.29) is 3.57 Å². The van der Waals surface area contributed by atoms with E-state index in [9.17, 15) is 26.3 Å². The number of rotatable bonds is 1. The van der Waals surface area contributed by atoms with Gasteiger partial charge in [-0.2, -0.15) is 0 Å². The van der Waals surface area contributed by atoms with Gasteiger partial charge in [-0.3, -0.25) is 0 Å². The molecule has 1 aromatic rings. The second kappa shape index (κ2) is 4.48. The van der Waals surface area contributed by atoms with E-state index in [1.807, 2.05) is 0 Å². The summed E-state index contributed by atoms with van der Waals surface area (Å²) in [6.07, 6.45) is -11.2. The molecule has 9 heteroatoms. The van der Waals surface area contributed by atoms with Crippen LogP contribution in [0.3, 0.4) is 0 Å². The second-order valence-electron chi connectivity index (χ2n) is 3.61. The number of fused-ring (bicyclic) bond motifs is 1. The molecule has 0 aliphatic carbocycles. The maximum absolute atomic E-state index is 13.0. The number of halogens is 7. The molecule has 0 N–H and O–H groups in total. The summed E-state index contributed by atoms with van der Waals surface area (Å²) in [5.74, 6) is 0. The Labute approximate surface area is 112 Å². The predicted molar refractivity (Wildman–Crippen MR) is 61.0 cm³/mol. The second-order valence-corrected chi connectivity index (χ2v) is 7.33. The first-order valence-electron chi connectivity index (χ1n) is 4.82. The fourth-order valence-corrected chi connectivity index (χ4v) is 5.50. The Morgan fingerprint density at radius 1 is 1.05 bits per heavy atom. The van der Waals surface area contributed by atoms with E-state index in [1.54, 1.807) is 0 Å². The molecule has 2 rings (SSSR count). The zero-order chi connectivity index (χ0) is 14.5. The van der Waals surface area contributed by atoms with Gasteiger partial charge >= 0.3 is 112 Å². The van der Waals surface area contributed by atoms with Crippen LogP contribution in [-0.2, 0) is 11.7 Å². The molecule has 0 unspecified atom stereocenters. The van der Waals surface area contributed by atoms with Gasteiger partial charge < -0.3 is 0 Å². The molecule has 0 bridgehead atoms. The zero-order valence-corrected chi connectivity index (χ0v) is 11.4. The van der Waals surface area contributed by atoms with Gasteiger partial charge in [0.2, 0.25) is 0 Å². The molecule has 0 amide bonds. The van der Waals surface area contributed by atoms with Gasteiger partial charge in [-0.1, -0.05) is 0 Å². The molecule has 1 aromatic carbocycles. The zero-order valence-electron chi connectivity index (χ0n) is 9.27. The van der Waals surface area contributed by atoms with E-state index < -0.39 is 44.2 Å². The van der Waals surface area contributed by atoms with Gasteiger partial charge in [-0.15, -0.1) is 0 Å². The Balaban J connectivity index is 2.72. The number of alkyl halides is 6. The Morgan fingerprint density at radius 3 is 2.05 bits per heavy atom. The Morgan fingerprint density at radius 2 is 1.58 bits per heavy atom. The number of hydrogen-bond acceptors (Lipinski definition) is 2. The molecule has 1 heterocycles. The third-order valence-corrected chi connectivity index (χ3v) is 6.29. The van der Waals surface area contributed by atoms with E-state index >= 15 is 0 Å². The average Bonchev–Trinajstić information content (AvgIpc) is 2.63. The van der Waals surface area contributed by atoms with Crippen molar-refractivity contribution < 1.29 is 32.5 Å². The summed E-state index contributed by atoms with van der Waals surface area (Å²) in [6.45, 7) is 0. The molecule has 0 spiro atoms. The van der Waals surface area contributed by atoms with E-state index in [0.717, 1.165) is 19.2 Å². The topological polar surface area (TPSA) is 18.5 Å². The van der Waals surface area contributed by atoms with Crippen LogP contribution in [0.4, 0.5) is 26.3 Å². The van der Waals surface area contributed by atoms with Crippen molar-refractivity contribution in [3.05, 3.63) is 33.4 Å². The molecule has 0 radical (unpaired) electrons. The van der Waals surface area contributed by atoms with Crippen molar-refractivity contribution in [1.82, 2.24) is 0 Å². The van der Waals surface area contributed by atoms with Crippen molar-refractivity contribution in [3.8, 4) is 0 Å². The first kappa shape index (κ1) is 14.9. The summed E-state index contributed by atoms with van der Waals surface area (Å²) >= 11 is -3.42. The molecule has 0 fully saturated rings. The maximum atomic E-state index is 13.0. The molecule has 0 atom stereocenters. The van der Waals surface area contributed by atoms with Crippen LogP contribution < -0.4 is 0 Å². The first-order valence-corrected chi connectivity index (χ1v) is 7.66. The Bertz CT molecular complexity index is 470. The summed E-state index contributed by atoms with van der Waals surface area (Å²) in [7, 11) is 1.05. The molecule has 108 valence electrons. The average molecular weight is 400 g/mol. The Hall–Kier alpha value is -0.550. The van der Waals surface area contributed by atoms with Crippen LogP contribution in [0.25, 0.3) is 0 Å². The van der Waals surface area contributed by atoms with Crippen LogP contribution in [-0.4, -0.2) is 19.5 Å². The summed E-state index contributed by atoms with van der Waals surface area (Å²) in [5, 5.41) is 0. The van der Waals surface area contributed by atoms with Crippen LogP contribution in [0.5, 0.6) is 0 Å². The van der Waals surface area contributed by atoms with Gasteiger partial charge in [0.15, 0.2) is 0 Å². The summed E-state index contributed by atoms with van der Waals surface area (Å²) in [5.41, 5.74) is -5.20. The Kier molecular flexibility index (Phi) is 3.51. The fourth-order valence-electron chi connectivity index (χ4n) is 1.74. The van der Waals surface area contributed by atoms with E-state index in [1.165, 1.54) is 12.1 Å². The first-order chi connectivity index (χ1) is 8.65. The standard InChI is InChI=1S/C10H7F6IO2/c1-18-17-7-5-3-2-4-6(7)8(19-17,9(11,12)13)10(14,15)16/h2-5H,1H3. The summed E-state index contributed by atoms with van der Waals surface area (Å²) in [6, 6.07) is 4.44. The monoisotopic (exact) mass is 400 g/mol. The summed E-state index contributed by atoms with van der Waals surface area (Å²) in [4.78, 5) is 0. The van der Waals surface area contributed by atoms with E-state index in [0.29, 0.717) is 0 Å². The van der Waals surface area contributed by atoms with Gasteiger partial charge in [0.25, 0.3) is 0 Å². The fraction of sp³-hybridized carbons (Fsp3) is 0.400. The van der Waals surface area contributed by atoms with Crippen LogP contribution in [0, 0.1) is 3.57 Å². The normalized spacial score (nSPS) is 20.5. The van der Waals surface area contributed by atoms with E-state index in [2.05, 4.69) is 3.07 Å². The molecule has 1 aliphatic heterocycles. The third-order valence-electron chi connectivity index (χ3n) is 2.54. The number of hydrogen-bond donors (Lipinski definition) is 0. The van der Waals surface area contributed by atoms with Crippen molar-refractivity contribution >= 4 is 20.6 Å². The quantitative estimate of drug-likeness (QED) is 0.520. The SMILES string of the molecule is COI1OC(C(F)(F)F)(C(F)(F)F)c2ccccc21. The van der Waals surface area contributed by atoms with Gasteiger partial charge in [-0.25, -0.2) is 0 Å². The van der Waals surface area contributed by atoms with Gasteiger partial charge in [0.05, 0.1) is 0 Å². The summed E-state index contributed by atoms with van der Waals surface area (Å²) < 4.78 is 87.1. The van der Waals surface area contributed by atoms with Crippen LogP contribution in [0.15, 0.2) is 24.3 Å². The molecular weight excluding hydrogens is 393 g/mol. The van der Waals surface area contributed by atoms with Crippen molar-refractivity contribution in [2.75, 3.05) is 7.11 Å².